The zero-order valence-electron chi connectivity index (χ0n) is 28.8. The molecule has 0 spiro atoms. The summed E-state index contributed by atoms with van der Waals surface area (Å²) in [5.74, 6) is 0. The topological polar surface area (TPSA) is 30.1 Å². The number of benzene rings is 9. The van der Waals surface area contributed by atoms with Crippen LogP contribution in [0.2, 0.25) is 0 Å². The highest BCUT2D eigenvalue weighted by atomic mass is 16.3. The van der Waals surface area contributed by atoms with Crippen LogP contribution in [0.1, 0.15) is 0 Å². The largest absolute Gasteiger partial charge is 0.456 e. The number of rotatable bonds is 5. The quantitative estimate of drug-likeness (QED) is 0.197. The number of anilines is 2. The molecule has 0 amide bonds. The Balaban J connectivity index is 1.12. The van der Waals surface area contributed by atoms with Crippen molar-refractivity contribution in [1.29, 1.82) is 0 Å². The monoisotopic (exact) mass is 676 g/mol. The molecule has 0 atom stereocenters. The molecular formula is C50H32N2O. The maximum Gasteiger partial charge on any atom is 0.137 e. The van der Waals surface area contributed by atoms with Gasteiger partial charge in [-0.15, -0.1) is 0 Å². The average molecular weight is 677 g/mol. The second-order valence-corrected chi connectivity index (χ2v) is 13.8. The van der Waals surface area contributed by atoms with Crippen molar-refractivity contribution in [2.24, 2.45) is 0 Å². The van der Waals surface area contributed by atoms with Crippen LogP contribution in [0.4, 0.5) is 11.4 Å². The Morgan fingerprint density at radius 1 is 0.377 bits per heavy atom. The van der Waals surface area contributed by atoms with Crippen molar-refractivity contribution in [2.45, 2.75) is 0 Å². The number of nitrogens with zero attached hydrogens (tertiary/aromatic N) is 1. The van der Waals surface area contributed by atoms with Crippen LogP contribution in [0.3, 0.4) is 0 Å². The summed E-state index contributed by atoms with van der Waals surface area (Å²) in [4.78, 5) is 0. The molecule has 1 N–H and O–H groups in total. The van der Waals surface area contributed by atoms with E-state index in [1.807, 2.05) is 6.07 Å². The van der Waals surface area contributed by atoms with Crippen LogP contribution in [0.25, 0.3) is 93.2 Å². The fourth-order valence-corrected chi connectivity index (χ4v) is 8.19. The van der Waals surface area contributed by atoms with Crippen molar-refractivity contribution in [1.82, 2.24) is 4.57 Å². The van der Waals surface area contributed by atoms with Gasteiger partial charge < -0.3 is 14.3 Å². The van der Waals surface area contributed by atoms with Crippen molar-refractivity contribution < 1.29 is 4.42 Å². The first-order valence-electron chi connectivity index (χ1n) is 18.1. The summed E-state index contributed by atoms with van der Waals surface area (Å²) >= 11 is 0. The maximum atomic E-state index is 6.44. The van der Waals surface area contributed by atoms with Gasteiger partial charge in [0.15, 0.2) is 0 Å². The Kier molecular flexibility index (Phi) is 6.55. The number of nitrogens with one attached hydrogen (secondary N) is 1. The van der Waals surface area contributed by atoms with Gasteiger partial charge in [-0.2, -0.15) is 0 Å². The predicted octanol–water partition coefficient (Wildman–Crippen LogP) is 14.1. The zero-order valence-corrected chi connectivity index (χ0v) is 28.8. The van der Waals surface area contributed by atoms with Gasteiger partial charge in [0, 0.05) is 49.9 Å². The lowest BCUT2D eigenvalue weighted by molar-refractivity contribution is 0.669. The van der Waals surface area contributed by atoms with E-state index in [1.165, 1.54) is 43.4 Å². The van der Waals surface area contributed by atoms with Crippen molar-refractivity contribution in [3.05, 3.63) is 188 Å². The van der Waals surface area contributed by atoms with E-state index in [1.54, 1.807) is 0 Å². The smallest absolute Gasteiger partial charge is 0.137 e. The Morgan fingerprint density at radius 2 is 1.09 bits per heavy atom. The average Bonchev–Trinajstić information content (AvgIpc) is 3.74. The van der Waals surface area contributed by atoms with E-state index in [9.17, 15) is 0 Å². The molecule has 53 heavy (non-hydrogen) atoms. The molecule has 0 bridgehead atoms. The van der Waals surface area contributed by atoms with Gasteiger partial charge in [-0.25, -0.2) is 0 Å². The molecular weight excluding hydrogens is 645 g/mol. The number of fused-ring (bicyclic) bond motifs is 8. The molecule has 0 saturated heterocycles. The number of hydrogen-bond acceptors (Lipinski definition) is 2. The van der Waals surface area contributed by atoms with Crippen LogP contribution in [0.5, 0.6) is 0 Å². The molecule has 11 rings (SSSR count). The van der Waals surface area contributed by atoms with Crippen LogP contribution < -0.4 is 5.32 Å². The summed E-state index contributed by atoms with van der Waals surface area (Å²) in [6, 6.07) is 67.5. The Hall–Kier alpha value is -7.10. The van der Waals surface area contributed by atoms with E-state index in [0.29, 0.717) is 0 Å². The minimum atomic E-state index is 0.894. The first-order chi connectivity index (χ1) is 26.2. The van der Waals surface area contributed by atoms with Crippen LogP contribution in [-0.2, 0) is 0 Å². The highest BCUT2D eigenvalue weighted by Crippen LogP contribution is 2.42. The minimum absolute atomic E-state index is 0.894. The Morgan fingerprint density at radius 3 is 2.00 bits per heavy atom. The molecule has 0 aliphatic heterocycles. The molecule has 0 radical (unpaired) electrons. The van der Waals surface area contributed by atoms with Crippen molar-refractivity contribution >= 4 is 76.7 Å². The Labute approximate surface area is 306 Å². The minimum Gasteiger partial charge on any atom is -0.456 e. The molecule has 2 heterocycles. The van der Waals surface area contributed by atoms with Crippen LogP contribution in [-0.4, -0.2) is 4.57 Å². The lowest BCUT2D eigenvalue weighted by Crippen LogP contribution is -1.95. The predicted molar refractivity (Wildman–Crippen MR) is 224 cm³/mol. The highest BCUT2D eigenvalue weighted by Gasteiger charge is 2.19. The van der Waals surface area contributed by atoms with Gasteiger partial charge >= 0.3 is 0 Å². The van der Waals surface area contributed by atoms with E-state index < -0.39 is 0 Å². The van der Waals surface area contributed by atoms with Gasteiger partial charge in [0.1, 0.15) is 11.2 Å². The second-order valence-electron chi connectivity index (χ2n) is 13.8. The highest BCUT2D eigenvalue weighted by molar-refractivity contribution is 6.18. The molecule has 0 aliphatic rings. The summed E-state index contributed by atoms with van der Waals surface area (Å²) in [6.45, 7) is 0. The summed E-state index contributed by atoms with van der Waals surface area (Å²) in [5.41, 5.74) is 12.0. The van der Waals surface area contributed by atoms with Gasteiger partial charge in [0.05, 0.1) is 16.7 Å². The maximum absolute atomic E-state index is 6.44. The fourth-order valence-electron chi connectivity index (χ4n) is 8.19. The van der Waals surface area contributed by atoms with Gasteiger partial charge in [-0.1, -0.05) is 127 Å². The summed E-state index contributed by atoms with van der Waals surface area (Å²) in [7, 11) is 0. The first-order valence-corrected chi connectivity index (χ1v) is 18.1. The molecule has 248 valence electrons. The molecule has 0 fully saturated rings. The number of furan rings is 1. The van der Waals surface area contributed by atoms with Gasteiger partial charge in [0.2, 0.25) is 0 Å². The third-order valence-electron chi connectivity index (χ3n) is 10.7. The SMILES string of the molecule is c1ccc(-c2cc(-c3ccc4c(c3)c3cc5c(cc3n4-c3cccc4ccccc34)oc3ccccc35)ccc2Nc2ccc3ccccc3c2)cc1. The van der Waals surface area contributed by atoms with Crippen molar-refractivity contribution in [2.75, 3.05) is 5.32 Å². The van der Waals surface area contributed by atoms with Gasteiger partial charge in [0.25, 0.3) is 0 Å². The van der Waals surface area contributed by atoms with E-state index >= 15 is 0 Å². The van der Waals surface area contributed by atoms with Crippen molar-refractivity contribution in [3.63, 3.8) is 0 Å². The third kappa shape index (κ3) is 4.82. The van der Waals surface area contributed by atoms with E-state index in [2.05, 4.69) is 192 Å². The molecule has 0 aliphatic carbocycles. The Bertz CT molecular complexity index is 3200. The number of para-hydroxylation sites is 1. The summed E-state index contributed by atoms with van der Waals surface area (Å²) in [5, 5.41) is 13.3. The van der Waals surface area contributed by atoms with E-state index in [-0.39, 0.29) is 0 Å². The molecule has 2 aromatic heterocycles. The van der Waals surface area contributed by atoms with Crippen molar-refractivity contribution in [3.8, 4) is 27.9 Å². The summed E-state index contributed by atoms with van der Waals surface area (Å²) < 4.78 is 8.85. The molecule has 0 saturated carbocycles. The third-order valence-corrected chi connectivity index (χ3v) is 10.7. The fraction of sp³-hybridized carbons (Fsp3) is 0. The summed E-state index contributed by atoms with van der Waals surface area (Å²) in [6.07, 6.45) is 0. The molecule has 9 aromatic carbocycles. The van der Waals surface area contributed by atoms with Crippen LogP contribution in [0.15, 0.2) is 192 Å². The molecule has 0 unspecified atom stereocenters. The van der Waals surface area contributed by atoms with E-state index in [0.717, 1.165) is 61.2 Å². The van der Waals surface area contributed by atoms with E-state index in [4.69, 9.17) is 4.42 Å². The van der Waals surface area contributed by atoms with Gasteiger partial charge in [-0.3, -0.25) is 0 Å². The van der Waals surface area contributed by atoms with Crippen LogP contribution >= 0.6 is 0 Å². The molecule has 3 heteroatoms. The lowest BCUT2D eigenvalue weighted by Gasteiger charge is -2.15. The number of aromatic nitrogens is 1. The lowest BCUT2D eigenvalue weighted by atomic mass is 9.96. The first kappa shape index (κ1) is 29.6. The zero-order chi connectivity index (χ0) is 34.9. The molecule has 11 aromatic rings. The normalized spacial score (nSPS) is 11.8. The second kappa shape index (κ2) is 11.7. The van der Waals surface area contributed by atoms with Crippen LogP contribution in [0, 0.1) is 0 Å². The van der Waals surface area contributed by atoms with Gasteiger partial charge in [-0.05, 0) is 87.4 Å². The number of hydrogen-bond donors (Lipinski definition) is 1. The molecule has 3 nitrogen and oxygen atoms in total. The standard InChI is InChI=1S/C50H32N2O/c1-2-12-34(13-3-1)41-28-36(22-25-45(41)51-38-24-21-32-11-4-5-15-35(32)27-38)37-23-26-47-42(29-37)43-30-44-40-18-8-9-20-49(40)53-50(44)31-48(43)52(47)46-19-10-16-33-14-6-7-17-39(33)46/h1-31,51H.